The first-order valence-electron chi connectivity index (χ1n) is 11.4. The SMILES string of the molecule is COc1cc(C(=O)O)ccc1NSc1cnc(-c2ccc(C3=C[C@H]4CCC3(C)C4(C)C)cc2)s1. The maximum Gasteiger partial charge on any atom is 0.335 e. The summed E-state index contributed by atoms with van der Waals surface area (Å²) in [5.74, 6) is 0.182. The number of aromatic nitrogens is 1. The van der Waals surface area contributed by atoms with Crippen molar-refractivity contribution in [3.05, 3.63) is 65.9 Å². The number of aromatic carboxylic acids is 1. The van der Waals surface area contributed by atoms with Crippen LogP contribution >= 0.6 is 23.3 Å². The van der Waals surface area contributed by atoms with E-state index in [9.17, 15) is 4.79 Å². The molecule has 0 saturated heterocycles. The summed E-state index contributed by atoms with van der Waals surface area (Å²) in [4.78, 5) is 15.8. The number of nitrogens with one attached hydrogen (secondary N) is 1. The van der Waals surface area contributed by atoms with E-state index in [4.69, 9.17) is 9.84 Å². The zero-order chi connectivity index (χ0) is 24.1. The van der Waals surface area contributed by atoms with Crippen molar-refractivity contribution in [2.75, 3.05) is 11.8 Å². The van der Waals surface area contributed by atoms with Gasteiger partial charge in [-0.05, 0) is 70.9 Å². The normalized spacial score (nSPS) is 22.5. The average molecular weight is 493 g/mol. The van der Waals surface area contributed by atoms with E-state index in [1.54, 1.807) is 23.5 Å². The van der Waals surface area contributed by atoms with Crippen LogP contribution in [-0.2, 0) is 0 Å². The minimum absolute atomic E-state index is 0.190. The van der Waals surface area contributed by atoms with Gasteiger partial charge in [-0.25, -0.2) is 9.78 Å². The Kier molecular flexibility index (Phi) is 5.73. The third kappa shape index (κ3) is 3.71. The predicted molar refractivity (Wildman–Crippen MR) is 140 cm³/mol. The number of hydrogen-bond acceptors (Lipinski definition) is 6. The molecule has 1 unspecified atom stereocenters. The van der Waals surface area contributed by atoms with Crippen LogP contribution in [0, 0.1) is 16.7 Å². The number of ether oxygens (including phenoxy) is 1. The number of carboxylic acid groups (broad SMARTS) is 1. The third-order valence-corrected chi connectivity index (χ3v) is 9.87. The van der Waals surface area contributed by atoms with E-state index in [0.717, 1.165) is 14.8 Å². The van der Waals surface area contributed by atoms with Crippen LogP contribution < -0.4 is 9.46 Å². The minimum Gasteiger partial charge on any atom is -0.495 e. The number of hydrogen-bond donors (Lipinski definition) is 2. The largest absolute Gasteiger partial charge is 0.495 e. The summed E-state index contributed by atoms with van der Waals surface area (Å²) in [6.45, 7) is 7.27. The Morgan fingerprint density at radius 1 is 1.18 bits per heavy atom. The summed E-state index contributed by atoms with van der Waals surface area (Å²) in [7, 11) is 1.53. The van der Waals surface area contributed by atoms with Gasteiger partial charge in [0, 0.05) is 5.56 Å². The second-order valence-corrected chi connectivity index (χ2v) is 11.9. The highest BCUT2D eigenvalue weighted by Crippen LogP contribution is 2.67. The molecule has 0 spiro atoms. The number of rotatable bonds is 7. The van der Waals surface area contributed by atoms with Crippen molar-refractivity contribution >= 4 is 40.5 Å². The summed E-state index contributed by atoms with van der Waals surface area (Å²) in [5.41, 5.74) is 5.42. The standard InChI is InChI=1S/C27H28N2O3S2/c1-26(2)19-11-12-27(26,3)20(14-19)16-5-7-17(8-6-16)24-28-15-23(33-24)34-29-21-10-9-18(25(30)31)13-22(21)32-4/h5-10,13-15,19,29H,11-12H2,1-4H3,(H,30,31)/t19-,27?/m1/s1. The first kappa shape index (κ1) is 23.0. The molecule has 5 rings (SSSR count). The zero-order valence-electron chi connectivity index (χ0n) is 19.7. The van der Waals surface area contributed by atoms with E-state index < -0.39 is 5.97 Å². The molecule has 0 radical (unpaired) electrons. The number of nitrogens with zero attached hydrogens (tertiary/aromatic N) is 1. The van der Waals surface area contributed by atoms with Gasteiger partial charge in [-0.1, -0.05) is 51.1 Å². The molecule has 34 heavy (non-hydrogen) atoms. The fourth-order valence-electron chi connectivity index (χ4n) is 5.36. The van der Waals surface area contributed by atoms with Crippen molar-refractivity contribution in [2.45, 2.75) is 37.8 Å². The van der Waals surface area contributed by atoms with Gasteiger partial charge in [0.15, 0.2) is 0 Å². The number of anilines is 1. The first-order chi connectivity index (χ1) is 16.2. The van der Waals surface area contributed by atoms with Crippen LogP contribution in [0.15, 0.2) is 58.9 Å². The molecule has 2 aliphatic rings. The van der Waals surface area contributed by atoms with Gasteiger partial charge >= 0.3 is 5.97 Å². The van der Waals surface area contributed by atoms with Crippen LogP contribution in [0.1, 0.15) is 49.5 Å². The molecule has 7 heteroatoms. The van der Waals surface area contributed by atoms with Gasteiger partial charge in [0.05, 0.1) is 24.6 Å². The Balaban J connectivity index is 1.29. The van der Waals surface area contributed by atoms with Crippen LogP contribution in [0.4, 0.5) is 5.69 Å². The second-order valence-electron chi connectivity index (χ2n) is 9.77. The van der Waals surface area contributed by atoms with E-state index in [0.29, 0.717) is 22.8 Å². The molecule has 2 aromatic carbocycles. The number of carboxylic acids is 1. The molecule has 1 fully saturated rings. The molecule has 0 aliphatic heterocycles. The Labute approximate surface area is 208 Å². The fourth-order valence-corrected chi connectivity index (χ4v) is 7.02. The molecule has 2 aliphatic carbocycles. The van der Waals surface area contributed by atoms with Gasteiger partial charge < -0.3 is 14.6 Å². The van der Waals surface area contributed by atoms with E-state index >= 15 is 0 Å². The van der Waals surface area contributed by atoms with Crippen molar-refractivity contribution in [2.24, 2.45) is 16.7 Å². The molecule has 176 valence electrons. The highest BCUT2D eigenvalue weighted by atomic mass is 32.2. The van der Waals surface area contributed by atoms with Gasteiger partial charge in [-0.2, -0.15) is 0 Å². The molecule has 1 aromatic heterocycles. The number of methoxy groups -OCH3 is 1. The number of thiazole rings is 1. The van der Waals surface area contributed by atoms with E-state index in [2.05, 4.69) is 60.8 Å². The lowest BCUT2D eigenvalue weighted by molar-refractivity contribution is 0.0696. The predicted octanol–water partition coefficient (Wildman–Crippen LogP) is 7.48. The van der Waals surface area contributed by atoms with E-state index in [-0.39, 0.29) is 11.0 Å². The van der Waals surface area contributed by atoms with Gasteiger partial charge in [-0.3, -0.25) is 0 Å². The van der Waals surface area contributed by atoms with Crippen LogP contribution in [0.5, 0.6) is 5.75 Å². The van der Waals surface area contributed by atoms with Crippen LogP contribution in [0.25, 0.3) is 16.1 Å². The lowest BCUT2D eigenvalue weighted by atomic mass is 9.66. The number of allylic oxidation sites excluding steroid dienone is 2. The smallest absolute Gasteiger partial charge is 0.335 e. The number of benzene rings is 2. The van der Waals surface area contributed by atoms with Crippen molar-refractivity contribution in [1.29, 1.82) is 0 Å². The van der Waals surface area contributed by atoms with Crippen molar-refractivity contribution in [1.82, 2.24) is 4.98 Å². The zero-order valence-corrected chi connectivity index (χ0v) is 21.3. The summed E-state index contributed by atoms with van der Waals surface area (Å²) in [6.07, 6.45) is 6.93. The number of carbonyl (C=O) groups is 1. The maximum atomic E-state index is 11.2. The molecular weight excluding hydrogens is 464 g/mol. The summed E-state index contributed by atoms with van der Waals surface area (Å²) in [6, 6.07) is 13.6. The van der Waals surface area contributed by atoms with Gasteiger partial charge in [0.2, 0.25) is 0 Å². The Morgan fingerprint density at radius 3 is 2.53 bits per heavy atom. The van der Waals surface area contributed by atoms with Crippen LogP contribution in [-0.4, -0.2) is 23.2 Å². The van der Waals surface area contributed by atoms with E-state index in [1.165, 1.54) is 49.1 Å². The molecule has 0 amide bonds. The monoisotopic (exact) mass is 492 g/mol. The highest BCUT2D eigenvalue weighted by Gasteiger charge is 2.57. The Hall–Kier alpha value is -2.77. The lowest BCUT2D eigenvalue weighted by Crippen LogP contribution is -2.29. The Bertz CT molecular complexity index is 1280. The first-order valence-corrected chi connectivity index (χ1v) is 13.0. The maximum absolute atomic E-state index is 11.2. The van der Waals surface area contributed by atoms with Gasteiger partial charge in [-0.15, -0.1) is 11.3 Å². The van der Waals surface area contributed by atoms with Gasteiger partial charge in [0.25, 0.3) is 0 Å². The van der Waals surface area contributed by atoms with Crippen LogP contribution in [0.3, 0.4) is 0 Å². The summed E-state index contributed by atoms with van der Waals surface area (Å²) >= 11 is 3.05. The Morgan fingerprint density at radius 2 is 1.91 bits per heavy atom. The second kappa shape index (κ2) is 8.47. The molecule has 2 atom stereocenters. The fraction of sp³-hybridized carbons (Fsp3) is 0.333. The summed E-state index contributed by atoms with van der Waals surface area (Å²) in [5, 5.41) is 10.1. The van der Waals surface area contributed by atoms with E-state index in [1.807, 2.05) is 6.20 Å². The van der Waals surface area contributed by atoms with Crippen molar-refractivity contribution in [3.63, 3.8) is 0 Å². The average Bonchev–Trinajstić information content (AvgIpc) is 3.45. The quantitative estimate of drug-likeness (QED) is 0.333. The summed E-state index contributed by atoms with van der Waals surface area (Å²) < 4.78 is 9.59. The van der Waals surface area contributed by atoms with Gasteiger partial charge in [0.1, 0.15) is 15.0 Å². The molecular formula is C27H28N2O3S2. The van der Waals surface area contributed by atoms with Crippen LogP contribution in [0.2, 0.25) is 0 Å². The molecule has 1 saturated carbocycles. The third-order valence-electron chi connectivity index (χ3n) is 7.90. The minimum atomic E-state index is -0.981. The number of fused-ring (bicyclic) bond motifs is 2. The molecule has 2 bridgehead atoms. The topological polar surface area (TPSA) is 71.5 Å². The van der Waals surface area contributed by atoms with Crippen molar-refractivity contribution in [3.8, 4) is 16.3 Å². The highest BCUT2D eigenvalue weighted by molar-refractivity contribution is 8.02. The molecule has 2 N–H and O–H groups in total. The lowest BCUT2D eigenvalue weighted by Gasteiger charge is -2.37. The van der Waals surface area contributed by atoms with Crippen molar-refractivity contribution < 1.29 is 14.6 Å². The molecule has 5 nitrogen and oxygen atoms in total. The molecule has 3 aromatic rings. The molecule has 1 heterocycles.